The highest BCUT2D eigenvalue weighted by Crippen LogP contribution is 1.92. The van der Waals surface area contributed by atoms with Crippen molar-refractivity contribution in [1.82, 2.24) is 5.32 Å². The van der Waals surface area contributed by atoms with E-state index in [0.29, 0.717) is 5.92 Å². The smallest absolute Gasteiger partial charge is 0.0924 e. The van der Waals surface area contributed by atoms with Crippen LogP contribution in [-0.2, 0) is 4.74 Å². The van der Waals surface area contributed by atoms with Crippen LogP contribution in [0.3, 0.4) is 0 Å². The van der Waals surface area contributed by atoms with Crippen LogP contribution in [0.25, 0.3) is 0 Å². The third kappa shape index (κ3) is 9.32. The Morgan fingerprint density at radius 2 is 2.08 bits per heavy atom. The Morgan fingerprint density at radius 3 is 2.62 bits per heavy atom. The van der Waals surface area contributed by atoms with Gasteiger partial charge in [-0.15, -0.1) is 0 Å². The van der Waals surface area contributed by atoms with Crippen LogP contribution in [0, 0.1) is 17.2 Å². The summed E-state index contributed by atoms with van der Waals surface area (Å²) in [5.74, 6) is 0.603. The number of nitrogens with one attached hydrogen (secondary N) is 1. The van der Waals surface area contributed by atoms with Crippen molar-refractivity contribution in [3.8, 4) is 6.07 Å². The van der Waals surface area contributed by atoms with Gasteiger partial charge >= 0.3 is 0 Å². The minimum absolute atomic E-state index is 0.0508. The number of nitriles is 1. The molecule has 0 aliphatic heterocycles. The Bertz CT molecular complexity index is 151. The van der Waals surface area contributed by atoms with Crippen molar-refractivity contribution in [3.05, 3.63) is 0 Å². The third-order valence-electron chi connectivity index (χ3n) is 1.56. The molecule has 3 heteroatoms. The third-order valence-corrected chi connectivity index (χ3v) is 1.56. The van der Waals surface area contributed by atoms with Crippen LogP contribution in [0.15, 0.2) is 0 Å². The number of nitrogens with zero attached hydrogens (tertiary/aromatic N) is 1. The molecule has 0 fully saturated rings. The lowest BCUT2D eigenvalue weighted by molar-refractivity contribution is 0.108. The average Bonchev–Trinajstić information content (AvgIpc) is 2.10. The van der Waals surface area contributed by atoms with Gasteiger partial charge in [-0.1, -0.05) is 13.8 Å². The average molecular weight is 184 g/mol. The van der Waals surface area contributed by atoms with Crippen LogP contribution in [0.4, 0.5) is 0 Å². The highest BCUT2D eigenvalue weighted by Gasteiger charge is 1.97. The second-order valence-electron chi connectivity index (χ2n) is 3.63. The molecular weight excluding hydrogens is 164 g/mol. The maximum absolute atomic E-state index is 8.47. The van der Waals surface area contributed by atoms with Gasteiger partial charge in [0.1, 0.15) is 0 Å². The Kier molecular flexibility index (Phi) is 7.66. The van der Waals surface area contributed by atoms with Crippen LogP contribution in [-0.4, -0.2) is 25.8 Å². The van der Waals surface area contributed by atoms with Crippen LogP contribution in [0.2, 0.25) is 0 Å². The summed E-state index contributed by atoms with van der Waals surface area (Å²) in [6.07, 6.45) is 0.971. The fraction of sp³-hybridized carbons (Fsp3) is 0.900. The van der Waals surface area contributed by atoms with E-state index in [-0.39, 0.29) is 6.04 Å². The predicted molar refractivity (Wildman–Crippen MR) is 53.4 cm³/mol. The topological polar surface area (TPSA) is 45.0 Å². The lowest BCUT2D eigenvalue weighted by Crippen LogP contribution is -2.26. The summed E-state index contributed by atoms with van der Waals surface area (Å²) in [4.78, 5) is 0. The van der Waals surface area contributed by atoms with E-state index in [4.69, 9.17) is 10.00 Å². The summed E-state index contributed by atoms with van der Waals surface area (Å²) in [6.45, 7) is 8.59. The van der Waals surface area contributed by atoms with Gasteiger partial charge in [0.2, 0.25) is 0 Å². The molecule has 0 aliphatic rings. The van der Waals surface area contributed by atoms with Gasteiger partial charge < -0.3 is 10.1 Å². The quantitative estimate of drug-likeness (QED) is 0.611. The molecule has 0 aromatic rings. The molecule has 0 saturated carbocycles. The van der Waals surface area contributed by atoms with Crippen LogP contribution >= 0.6 is 0 Å². The summed E-state index contributed by atoms with van der Waals surface area (Å²) in [7, 11) is 0. The highest BCUT2D eigenvalue weighted by atomic mass is 16.5. The van der Waals surface area contributed by atoms with E-state index >= 15 is 0 Å². The van der Waals surface area contributed by atoms with Crippen molar-refractivity contribution in [3.63, 3.8) is 0 Å². The maximum atomic E-state index is 8.47. The van der Waals surface area contributed by atoms with E-state index in [9.17, 15) is 0 Å². The first kappa shape index (κ1) is 12.4. The molecule has 1 atom stereocenters. The largest absolute Gasteiger partial charge is 0.381 e. The maximum Gasteiger partial charge on any atom is 0.0924 e. The van der Waals surface area contributed by atoms with Crippen molar-refractivity contribution in [2.45, 2.75) is 33.2 Å². The second kappa shape index (κ2) is 8.03. The Balaban J connectivity index is 3.05. The van der Waals surface area contributed by atoms with Gasteiger partial charge in [0, 0.05) is 13.2 Å². The van der Waals surface area contributed by atoms with Gasteiger partial charge in [-0.3, -0.25) is 0 Å². The van der Waals surface area contributed by atoms with Crippen molar-refractivity contribution < 1.29 is 4.74 Å². The molecule has 0 aliphatic carbocycles. The Labute approximate surface area is 81.1 Å². The van der Waals surface area contributed by atoms with Gasteiger partial charge in [0.25, 0.3) is 0 Å². The summed E-state index contributed by atoms with van der Waals surface area (Å²) in [5, 5.41) is 11.5. The number of hydrogen-bond acceptors (Lipinski definition) is 3. The number of rotatable bonds is 7. The molecule has 3 nitrogen and oxygen atoms in total. The molecule has 13 heavy (non-hydrogen) atoms. The molecule has 0 spiro atoms. The zero-order valence-corrected chi connectivity index (χ0v) is 8.84. The van der Waals surface area contributed by atoms with E-state index in [1.165, 1.54) is 0 Å². The summed E-state index contributed by atoms with van der Waals surface area (Å²) < 4.78 is 5.39. The molecule has 1 N–H and O–H groups in total. The second-order valence-corrected chi connectivity index (χ2v) is 3.63. The molecule has 0 aromatic heterocycles. The van der Waals surface area contributed by atoms with E-state index in [2.05, 4.69) is 25.2 Å². The minimum Gasteiger partial charge on any atom is -0.381 e. The van der Waals surface area contributed by atoms with Crippen LogP contribution in [0.1, 0.15) is 27.2 Å². The molecule has 0 rings (SSSR count). The Morgan fingerprint density at radius 1 is 1.38 bits per heavy atom. The number of hydrogen-bond donors (Lipinski definition) is 1. The molecule has 76 valence electrons. The summed E-state index contributed by atoms with van der Waals surface area (Å²) >= 11 is 0. The molecule has 0 radical (unpaired) electrons. The monoisotopic (exact) mass is 184 g/mol. The summed E-state index contributed by atoms with van der Waals surface area (Å²) in [5.41, 5.74) is 0. The molecule has 0 amide bonds. The standard InChI is InChI=1S/C10H20N2O/c1-9(2)8-13-6-4-5-12-10(3)7-11/h9-10,12H,4-6,8H2,1-3H3. The van der Waals surface area contributed by atoms with Gasteiger partial charge in [-0.25, -0.2) is 0 Å². The fourth-order valence-electron chi connectivity index (χ4n) is 0.857. The van der Waals surface area contributed by atoms with Crippen LogP contribution < -0.4 is 5.32 Å². The zero-order chi connectivity index (χ0) is 10.1. The SMILES string of the molecule is CC(C)COCCCNC(C)C#N. The molecule has 0 saturated heterocycles. The van der Waals surface area contributed by atoms with Crippen molar-refractivity contribution in [2.75, 3.05) is 19.8 Å². The van der Waals surface area contributed by atoms with Crippen LogP contribution in [0.5, 0.6) is 0 Å². The minimum atomic E-state index is -0.0508. The molecular formula is C10H20N2O. The van der Waals surface area contributed by atoms with E-state index in [0.717, 1.165) is 26.2 Å². The molecule has 0 bridgehead atoms. The van der Waals surface area contributed by atoms with Crippen molar-refractivity contribution in [1.29, 1.82) is 5.26 Å². The zero-order valence-electron chi connectivity index (χ0n) is 8.84. The lowest BCUT2D eigenvalue weighted by Gasteiger charge is -2.08. The predicted octanol–water partition coefficient (Wildman–Crippen LogP) is 1.55. The highest BCUT2D eigenvalue weighted by molar-refractivity contribution is 4.84. The van der Waals surface area contributed by atoms with Crippen molar-refractivity contribution in [2.24, 2.45) is 5.92 Å². The Hall–Kier alpha value is -0.590. The molecule has 0 heterocycles. The van der Waals surface area contributed by atoms with E-state index < -0.39 is 0 Å². The normalized spacial score (nSPS) is 12.8. The van der Waals surface area contributed by atoms with E-state index in [1.807, 2.05) is 6.92 Å². The first-order chi connectivity index (χ1) is 6.16. The van der Waals surface area contributed by atoms with Gasteiger partial charge in [0.15, 0.2) is 0 Å². The van der Waals surface area contributed by atoms with Gasteiger partial charge in [0.05, 0.1) is 12.1 Å². The van der Waals surface area contributed by atoms with E-state index in [1.54, 1.807) is 0 Å². The van der Waals surface area contributed by atoms with Gasteiger partial charge in [-0.05, 0) is 25.8 Å². The van der Waals surface area contributed by atoms with Crippen molar-refractivity contribution >= 4 is 0 Å². The first-order valence-corrected chi connectivity index (χ1v) is 4.87. The fourth-order valence-corrected chi connectivity index (χ4v) is 0.857. The lowest BCUT2D eigenvalue weighted by atomic mass is 10.2. The number of ether oxygens (including phenoxy) is 1. The van der Waals surface area contributed by atoms with Gasteiger partial charge in [-0.2, -0.15) is 5.26 Å². The molecule has 0 aromatic carbocycles. The summed E-state index contributed by atoms with van der Waals surface area (Å²) in [6, 6.07) is 2.07. The first-order valence-electron chi connectivity index (χ1n) is 4.87. The molecule has 1 unspecified atom stereocenters.